The van der Waals surface area contributed by atoms with Crippen molar-refractivity contribution in [2.75, 3.05) is 0 Å². The molecule has 0 amide bonds. The minimum absolute atomic E-state index is 1.18. The highest BCUT2D eigenvalue weighted by Gasteiger charge is 2.10. The van der Waals surface area contributed by atoms with Gasteiger partial charge in [0.1, 0.15) is 0 Å². The Balaban J connectivity index is 2.52. The highest BCUT2D eigenvalue weighted by molar-refractivity contribution is 5.67. The zero-order valence-electron chi connectivity index (χ0n) is 6.64. The topological polar surface area (TPSA) is 0 Å². The molecule has 0 radical (unpaired) electrons. The molecular weight excluding hydrogens is 132 g/mol. The average molecular weight is 144 g/mol. The van der Waals surface area contributed by atoms with Gasteiger partial charge in [-0.05, 0) is 36.0 Å². The van der Waals surface area contributed by atoms with Crippen LogP contribution in [0.5, 0.6) is 0 Å². The van der Waals surface area contributed by atoms with Gasteiger partial charge in [-0.15, -0.1) is 0 Å². The van der Waals surface area contributed by atoms with Gasteiger partial charge in [0.2, 0.25) is 0 Å². The monoisotopic (exact) mass is 144 g/mol. The molecule has 0 heteroatoms. The predicted molar refractivity (Wildman–Crippen MR) is 48.4 cm³/mol. The van der Waals surface area contributed by atoms with Gasteiger partial charge in [0.25, 0.3) is 0 Å². The smallest absolute Gasteiger partial charge is 0.0198 e. The van der Waals surface area contributed by atoms with E-state index in [-0.39, 0.29) is 0 Å². The molecule has 1 aromatic carbocycles. The van der Waals surface area contributed by atoms with E-state index in [0.29, 0.717) is 0 Å². The lowest BCUT2D eigenvalue weighted by atomic mass is 9.88. The first-order valence-corrected chi connectivity index (χ1v) is 4.14. The molecule has 0 heterocycles. The first-order valence-electron chi connectivity index (χ1n) is 4.14. The van der Waals surface area contributed by atoms with Crippen molar-refractivity contribution < 1.29 is 0 Å². The second-order valence-corrected chi connectivity index (χ2v) is 3.11. The molecule has 0 bridgehead atoms. The summed E-state index contributed by atoms with van der Waals surface area (Å²) in [6, 6.07) is 8.59. The Hall–Kier alpha value is -1.04. The van der Waals surface area contributed by atoms with Crippen LogP contribution in [0.4, 0.5) is 0 Å². The van der Waals surface area contributed by atoms with E-state index >= 15 is 0 Å². The van der Waals surface area contributed by atoms with Gasteiger partial charge in [-0.1, -0.05) is 30.8 Å². The minimum Gasteiger partial charge on any atom is -0.0952 e. The maximum Gasteiger partial charge on any atom is -0.0198 e. The summed E-state index contributed by atoms with van der Waals surface area (Å²) in [6.45, 7) is 4.06. The van der Waals surface area contributed by atoms with Crippen LogP contribution in [0.15, 0.2) is 30.8 Å². The van der Waals surface area contributed by atoms with E-state index in [9.17, 15) is 0 Å². The first-order chi connectivity index (χ1) is 5.38. The van der Waals surface area contributed by atoms with E-state index in [0.717, 1.165) is 0 Å². The molecule has 0 unspecified atom stereocenters. The van der Waals surface area contributed by atoms with E-state index in [4.69, 9.17) is 0 Å². The number of rotatable bonds is 0. The Morgan fingerprint density at radius 1 is 1.09 bits per heavy atom. The van der Waals surface area contributed by atoms with Crippen molar-refractivity contribution in [1.29, 1.82) is 0 Å². The van der Waals surface area contributed by atoms with Crippen molar-refractivity contribution in [2.24, 2.45) is 0 Å². The Morgan fingerprint density at radius 3 is 2.73 bits per heavy atom. The standard InChI is InChI=1S/C11H12/c1-9-5-4-7-10-6-2-3-8-11(9)10/h2-3,6,8H,1,4-5,7H2. The number of fused-ring (bicyclic) bond motifs is 1. The van der Waals surface area contributed by atoms with Crippen molar-refractivity contribution >= 4 is 5.57 Å². The van der Waals surface area contributed by atoms with Gasteiger partial charge < -0.3 is 0 Å². The van der Waals surface area contributed by atoms with Gasteiger partial charge in [-0.2, -0.15) is 0 Å². The maximum absolute atomic E-state index is 4.06. The largest absolute Gasteiger partial charge is 0.0952 e. The summed E-state index contributed by atoms with van der Waals surface area (Å²) >= 11 is 0. The molecule has 56 valence electrons. The van der Waals surface area contributed by atoms with Crippen LogP contribution in [0.3, 0.4) is 0 Å². The molecule has 0 spiro atoms. The highest BCUT2D eigenvalue weighted by Crippen LogP contribution is 2.28. The van der Waals surface area contributed by atoms with Crippen LogP contribution in [0.1, 0.15) is 24.0 Å². The molecule has 11 heavy (non-hydrogen) atoms. The molecule has 0 aromatic heterocycles. The van der Waals surface area contributed by atoms with Gasteiger partial charge in [0.05, 0.1) is 0 Å². The lowest BCUT2D eigenvalue weighted by molar-refractivity contribution is 0.823. The Bertz CT molecular complexity index is 284. The van der Waals surface area contributed by atoms with Crippen LogP contribution < -0.4 is 0 Å². The number of allylic oxidation sites excluding steroid dienone is 1. The number of aryl methyl sites for hydroxylation is 1. The van der Waals surface area contributed by atoms with Crippen LogP contribution in [0.2, 0.25) is 0 Å². The van der Waals surface area contributed by atoms with Crippen molar-refractivity contribution in [3.05, 3.63) is 42.0 Å². The third-order valence-corrected chi connectivity index (χ3v) is 2.32. The third kappa shape index (κ3) is 1.09. The normalized spacial score (nSPS) is 16.2. The summed E-state index contributed by atoms with van der Waals surface area (Å²) in [5, 5.41) is 0. The van der Waals surface area contributed by atoms with Gasteiger partial charge in [-0.3, -0.25) is 0 Å². The summed E-state index contributed by atoms with van der Waals surface area (Å²) in [7, 11) is 0. The van der Waals surface area contributed by atoms with Crippen molar-refractivity contribution in [3.8, 4) is 0 Å². The Labute approximate surface area is 67.6 Å². The fourth-order valence-corrected chi connectivity index (χ4v) is 1.71. The first kappa shape index (κ1) is 6.66. The van der Waals surface area contributed by atoms with E-state index < -0.39 is 0 Å². The van der Waals surface area contributed by atoms with Crippen molar-refractivity contribution in [3.63, 3.8) is 0 Å². The maximum atomic E-state index is 4.06. The van der Waals surface area contributed by atoms with Crippen LogP contribution >= 0.6 is 0 Å². The molecule has 0 N–H and O–H groups in total. The average Bonchev–Trinajstić information content (AvgIpc) is 2.06. The second-order valence-electron chi connectivity index (χ2n) is 3.11. The highest BCUT2D eigenvalue weighted by atomic mass is 14.1. The predicted octanol–water partition coefficient (Wildman–Crippen LogP) is 3.04. The molecule has 0 saturated carbocycles. The quantitative estimate of drug-likeness (QED) is 0.525. The molecule has 0 saturated heterocycles. The molecule has 1 aliphatic carbocycles. The van der Waals surface area contributed by atoms with Crippen LogP contribution in [-0.4, -0.2) is 0 Å². The van der Waals surface area contributed by atoms with Crippen molar-refractivity contribution in [1.82, 2.24) is 0 Å². The fraction of sp³-hybridized carbons (Fsp3) is 0.273. The van der Waals surface area contributed by atoms with Crippen LogP contribution in [0.25, 0.3) is 5.57 Å². The van der Waals surface area contributed by atoms with E-state index in [1.807, 2.05) is 0 Å². The van der Waals surface area contributed by atoms with Crippen LogP contribution in [0, 0.1) is 0 Å². The van der Waals surface area contributed by atoms with E-state index in [1.165, 1.54) is 36.0 Å². The summed E-state index contributed by atoms with van der Waals surface area (Å²) in [6.07, 6.45) is 3.68. The summed E-state index contributed by atoms with van der Waals surface area (Å²) in [4.78, 5) is 0. The van der Waals surface area contributed by atoms with Gasteiger partial charge in [0.15, 0.2) is 0 Å². The van der Waals surface area contributed by atoms with Crippen LogP contribution in [-0.2, 0) is 6.42 Å². The minimum atomic E-state index is 1.18. The Morgan fingerprint density at radius 2 is 1.91 bits per heavy atom. The molecule has 1 aromatic rings. The summed E-state index contributed by atoms with van der Waals surface area (Å²) in [5.41, 5.74) is 4.18. The van der Waals surface area contributed by atoms with E-state index in [2.05, 4.69) is 30.8 Å². The molecule has 0 nitrogen and oxygen atoms in total. The molecule has 0 atom stereocenters. The number of hydrogen-bond acceptors (Lipinski definition) is 0. The third-order valence-electron chi connectivity index (χ3n) is 2.32. The van der Waals surface area contributed by atoms with E-state index in [1.54, 1.807) is 0 Å². The Kier molecular flexibility index (Phi) is 1.54. The SMILES string of the molecule is C=C1CCCc2ccccc21. The van der Waals surface area contributed by atoms with Gasteiger partial charge in [0, 0.05) is 0 Å². The zero-order chi connectivity index (χ0) is 7.68. The number of benzene rings is 1. The fourth-order valence-electron chi connectivity index (χ4n) is 1.71. The number of hydrogen-bond donors (Lipinski definition) is 0. The molecule has 1 aliphatic rings. The lowest BCUT2D eigenvalue weighted by Gasteiger charge is -2.16. The molecular formula is C11H12. The lowest BCUT2D eigenvalue weighted by Crippen LogP contribution is -1.99. The second kappa shape index (κ2) is 2.54. The van der Waals surface area contributed by atoms with Gasteiger partial charge in [-0.25, -0.2) is 0 Å². The molecule has 0 aliphatic heterocycles. The summed E-state index contributed by atoms with van der Waals surface area (Å²) < 4.78 is 0. The molecule has 0 fully saturated rings. The van der Waals surface area contributed by atoms with Gasteiger partial charge >= 0.3 is 0 Å². The van der Waals surface area contributed by atoms with Crippen molar-refractivity contribution in [2.45, 2.75) is 19.3 Å². The zero-order valence-corrected chi connectivity index (χ0v) is 6.64. The summed E-state index contributed by atoms with van der Waals surface area (Å²) in [5.74, 6) is 0. The molecule has 2 rings (SSSR count).